The maximum absolute atomic E-state index is 13.6. The lowest BCUT2D eigenvalue weighted by Gasteiger charge is -2.18. The zero-order valence-corrected chi connectivity index (χ0v) is 16.8. The van der Waals surface area contributed by atoms with Gasteiger partial charge in [-0.3, -0.25) is 0 Å². The van der Waals surface area contributed by atoms with Gasteiger partial charge in [0.2, 0.25) is 0 Å². The summed E-state index contributed by atoms with van der Waals surface area (Å²) in [6.45, 7) is 1.81. The zero-order valence-electron chi connectivity index (χ0n) is 15.3. The smallest absolute Gasteiger partial charge is 0.399 e. The molecule has 0 fully saturated rings. The zero-order chi connectivity index (χ0) is 21.8. The van der Waals surface area contributed by atoms with Crippen LogP contribution in [0.25, 0.3) is 6.08 Å². The Morgan fingerprint density at radius 1 is 1.17 bits per heavy atom. The highest BCUT2D eigenvalue weighted by Gasteiger charge is 2.39. The van der Waals surface area contributed by atoms with E-state index in [9.17, 15) is 22.4 Å². The fourth-order valence-electron chi connectivity index (χ4n) is 2.56. The fraction of sp³-hybridized carbons (Fsp3) is 0.250. The number of allylic oxidation sites excluding steroid dienone is 1. The van der Waals surface area contributed by atoms with Crippen molar-refractivity contribution in [3.05, 3.63) is 69.0 Å². The molecule has 0 radical (unpaired) electrons. The highest BCUT2D eigenvalue weighted by molar-refractivity contribution is 6.35. The molecule has 3 nitrogen and oxygen atoms in total. The van der Waals surface area contributed by atoms with Crippen LogP contribution in [0.1, 0.15) is 34.3 Å². The Morgan fingerprint density at radius 3 is 2.31 bits per heavy atom. The molecule has 9 heteroatoms. The van der Waals surface area contributed by atoms with Crippen LogP contribution in [0.4, 0.5) is 17.6 Å². The molecule has 2 aromatic rings. The Labute approximate surface area is 174 Å². The van der Waals surface area contributed by atoms with E-state index < -0.39 is 33.9 Å². The van der Waals surface area contributed by atoms with Crippen molar-refractivity contribution in [1.29, 1.82) is 0 Å². The average molecular weight is 451 g/mol. The Kier molecular flexibility index (Phi) is 7.54. The Hall–Kier alpha value is -2.25. The maximum Gasteiger partial charge on any atom is 0.399 e. The largest absolute Gasteiger partial charge is 0.496 e. The van der Waals surface area contributed by atoms with E-state index in [2.05, 4.69) is 0 Å². The Balaban J connectivity index is 2.41. The van der Waals surface area contributed by atoms with Gasteiger partial charge < -0.3 is 9.47 Å². The van der Waals surface area contributed by atoms with Crippen molar-refractivity contribution in [3.63, 3.8) is 0 Å². The monoisotopic (exact) mass is 450 g/mol. The summed E-state index contributed by atoms with van der Waals surface area (Å²) in [7, 11) is 1.33. The summed E-state index contributed by atoms with van der Waals surface area (Å²) in [6, 6.07) is 6.01. The van der Waals surface area contributed by atoms with Crippen molar-refractivity contribution in [3.8, 4) is 5.75 Å². The normalized spacial score (nSPS) is 12.8. The Bertz CT molecular complexity index is 903. The van der Waals surface area contributed by atoms with Gasteiger partial charge in [0.15, 0.2) is 5.82 Å². The summed E-state index contributed by atoms with van der Waals surface area (Å²) in [5.74, 6) is -3.51. The van der Waals surface area contributed by atoms with Crippen molar-refractivity contribution in [1.82, 2.24) is 0 Å². The number of esters is 1. The first-order chi connectivity index (χ1) is 13.6. The minimum Gasteiger partial charge on any atom is -0.496 e. The fourth-order valence-corrected chi connectivity index (χ4v) is 3.06. The van der Waals surface area contributed by atoms with Crippen LogP contribution in [0.5, 0.6) is 5.75 Å². The minimum absolute atomic E-state index is 0.149. The van der Waals surface area contributed by atoms with Crippen LogP contribution in [-0.2, 0) is 4.74 Å². The van der Waals surface area contributed by atoms with E-state index in [0.717, 1.165) is 18.2 Å². The second-order valence-electron chi connectivity index (χ2n) is 5.86. The van der Waals surface area contributed by atoms with Crippen LogP contribution < -0.4 is 4.74 Å². The molecule has 156 valence electrons. The van der Waals surface area contributed by atoms with Gasteiger partial charge in [-0.2, -0.15) is 13.2 Å². The van der Waals surface area contributed by atoms with Gasteiger partial charge in [-0.15, -0.1) is 0 Å². The van der Waals surface area contributed by atoms with Gasteiger partial charge in [0, 0.05) is 0 Å². The molecule has 0 saturated heterocycles. The number of hydrogen-bond acceptors (Lipinski definition) is 3. The number of benzene rings is 2. The van der Waals surface area contributed by atoms with E-state index in [1.807, 2.05) is 0 Å². The van der Waals surface area contributed by atoms with Crippen LogP contribution >= 0.6 is 23.2 Å². The lowest BCUT2D eigenvalue weighted by atomic mass is 9.96. The predicted molar refractivity (Wildman–Crippen MR) is 103 cm³/mol. The summed E-state index contributed by atoms with van der Waals surface area (Å²) < 4.78 is 64.2. The molecule has 2 rings (SSSR count). The first-order valence-electron chi connectivity index (χ1n) is 8.33. The van der Waals surface area contributed by atoms with Gasteiger partial charge in [0.25, 0.3) is 0 Å². The van der Waals surface area contributed by atoms with Crippen LogP contribution in [0.2, 0.25) is 10.0 Å². The van der Waals surface area contributed by atoms with Gasteiger partial charge in [0.05, 0.1) is 29.7 Å². The van der Waals surface area contributed by atoms with Gasteiger partial charge in [-0.05, 0) is 42.3 Å². The quantitative estimate of drug-likeness (QED) is 0.279. The van der Waals surface area contributed by atoms with E-state index in [1.54, 1.807) is 6.92 Å². The third-order valence-corrected chi connectivity index (χ3v) is 4.47. The molecule has 2 aromatic carbocycles. The van der Waals surface area contributed by atoms with E-state index in [-0.39, 0.29) is 23.5 Å². The molecule has 0 heterocycles. The summed E-state index contributed by atoms with van der Waals surface area (Å²) in [5, 5.41) is -1.01. The SMILES string of the molecule is CCOC(=O)c1ccc(/C=C/C(c2cc(Cl)c(F)c(Cl)c2)C(F)(F)F)cc1OC. The van der Waals surface area contributed by atoms with E-state index >= 15 is 0 Å². The Morgan fingerprint density at radius 2 is 1.79 bits per heavy atom. The molecule has 1 unspecified atom stereocenters. The van der Waals surface area contributed by atoms with Gasteiger partial charge in [-0.1, -0.05) is 41.4 Å². The number of ether oxygens (including phenoxy) is 2. The summed E-state index contributed by atoms with van der Waals surface area (Å²) in [5.41, 5.74) is 0.194. The number of rotatable bonds is 6. The molecule has 0 N–H and O–H groups in total. The topological polar surface area (TPSA) is 35.5 Å². The number of halogens is 6. The molecule has 0 aromatic heterocycles. The maximum atomic E-state index is 13.6. The number of alkyl halides is 3. The number of carbonyl (C=O) groups is 1. The van der Waals surface area contributed by atoms with Gasteiger partial charge in [-0.25, -0.2) is 9.18 Å². The average Bonchev–Trinajstić information content (AvgIpc) is 2.65. The summed E-state index contributed by atoms with van der Waals surface area (Å²) in [6.07, 6.45) is -2.57. The molecule has 0 aliphatic rings. The molecule has 0 aliphatic heterocycles. The standard InChI is InChI=1S/C20H16Cl2F4O3/c1-3-29-19(27)13-6-4-11(8-17(13)28-2)5-7-14(20(24,25)26)12-9-15(21)18(23)16(22)10-12/h4-10,14H,3H2,1-2H3/b7-5+. The molecule has 0 bridgehead atoms. The third kappa shape index (κ3) is 5.64. The van der Waals surface area contributed by atoms with Gasteiger partial charge in [0.1, 0.15) is 11.3 Å². The van der Waals surface area contributed by atoms with E-state index in [1.165, 1.54) is 31.4 Å². The highest BCUT2D eigenvalue weighted by Crippen LogP contribution is 2.39. The van der Waals surface area contributed by atoms with Gasteiger partial charge >= 0.3 is 12.1 Å². The minimum atomic E-state index is -4.67. The van der Waals surface area contributed by atoms with E-state index in [0.29, 0.717) is 5.56 Å². The molecule has 0 spiro atoms. The van der Waals surface area contributed by atoms with Crippen molar-refractivity contribution >= 4 is 35.2 Å². The van der Waals surface area contributed by atoms with Crippen molar-refractivity contribution < 1.29 is 31.8 Å². The molecule has 0 amide bonds. The lowest BCUT2D eigenvalue weighted by molar-refractivity contribution is -0.139. The van der Waals surface area contributed by atoms with Crippen LogP contribution in [-0.4, -0.2) is 25.9 Å². The molecular formula is C20H16Cl2F4O3. The van der Waals surface area contributed by atoms with Crippen LogP contribution in [0, 0.1) is 5.82 Å². The molecular weight excluding hydrogens is 435 g/mol. The molecule has 1 atom stereocenters. The van der Waals surface area contributed by atoms with E-state index in [4.69, 9.17) is 32.7 Å². The number of carbonyl (C=O) groups excluding carboxylic acids is 1. The van der Waals surface area contributed by atoms with Crippen molar-refractivity contribution in [2.75, 3.05) is 13.7 Å². The lowest BCUT2D eigenvalue weighted by Crippen LogP contribution is -2.19. The second-order valence-corrected chi connectivity index (χ2v) is 6.67. The van der Waals surface area contributed by atoms with Crippen molar-refractivity contribution in [2.45, 2.75) is 19.0 Å². The second kappa shape index (κ2) is 9.50. The van der Waals surface area contributed by atoms with Crippen LogP contribution in [0.3, 0.4) is 0 Å². The molecule has 29 heavy (non-hydrogen) atoms. The molecule has 0 saturated carbocycles. The number of hydrogen-bond donors (Lipinski definition) is 0. The first-order valence-corrected chi connectivity index (χ1v) is 9.08. The summed E-state index contributed by atoms with van der Waals surface area (Å²) >= 11 is 11.3. The summed E-state index contributed by atoms with van der Waals surface area (Å²) in [4.78, 5) is 11.9. The predicted octanol–water partition coefficient (Wildman–Crippen LogP) is 6.68. The highest BCUT2D eigenvalue weighted by atomic mass is 35.5. The number of methoxy groups -OCH3 is 1. The third-order valence-electron chi connectivity index (χ3n) is 3.92. The first kappa shape index (κ1) is 23.0. The van der Waals surface area contributed by atoms with Crippen LogP contribution in [0.15, 0.2) is 36.4 Å². The van der Waals surface area contributed by atoms with Crippen molar-refractivity contribution in [2.24, 2.45) is 0 Å². The molecule has 0 aliphatic carbocycles.